The molecule has 1 rings (SSSR count). The van der Waals surface area contributed by atoms with E-state index in [-0.39, 0.29) is 11.9 Å². The first-order chi connectivity index (χ1) is 8.19. The summed E-state index contributed by atoms with van der Waals surface area (Å²) in [7, 11) is 0. The first-order valence-corrected chi connectivity index (χ1v) is 5.91. The molecule has 2 atom stereocenters. The molecule has 0 saturated heterocycles. The summed E-state index contributed by atoms with van der Waals surface area (Å²) in [6.07, 6.45) is 1.47. The molecule has 17 heavy (non-hydrogen) atoms. The maximum absolute atomic E-state index is 11.8. The molecule has 1 aromatic carbocycles. The van der Waals surface area contributed by atoms with Crippen LogP contribution in [0, 0.1) is 6.57 Å². The molecule has 3 nitrogen and oxygen atoms in total. The Morgan fingerprint density at radius 1 is 1.41 bits per heavy atom. The standard InChI is InChI=1S/C14H18N2O/c1-4-8-13(15-3)14(17)16-11(2)12-9-6-5-7-10-12/h5-7,9-11,13H,4,8H2,1-2H3,(H,16,17)/t11-,13?/m0/s1. The van der Waals surface area contributed by atoms with Gasteiger partial charge in [0.2, 0.25) is 0 Å². The van der Waals surface area contributed by atoms with E-state index in [1.807, 2.05) is 44.2 Å². The quantitative estimate of drug-likeness (QED) is 0.775. The van der Waals surface area contributed by atoms with Crippen molar-refractivity contribution in [2.75, 3.05) is 0 Å². The third-order valence-electron chi connectivity index (χ3n) is 2.68. The Morgan fingerprint density at radius 3 is 2.59 bits per heavy atom. The first-order valence-electron chi connectivity index (χ1n) is 5.91. The second-order valence-electron chi connectivity index (χ2n) is 4.07. The lowest BCUT2D eigenvalue weighted by molar-refractivity contribution is -0.122. The monoisotopic (exact) mass is 230 g/mol. The number of carbonyl (C=O) groups excluding carboxylic acids is 1. The summed E-state index contributed by atoms with van der Waals surface area (Å²) in [6, 6.07) is 9.16. The van der Waals surface area contributed by atoms with E-state index >= 15 is 0 Å². The predicted octanol–water partition coefficient (Wildman–Crippen LogP) is 2.95. The molecule has 0 aliphatic carbocycles. The first kappa shape index (κ1) is 13.2. The molecule has 90 valence electrons. The van der Waals surface area contributed by atoms with E-state index in [9.17, 15) is 4.79 Å². The maximum Gasteiger partial charge on any atom is 0.303 e. The molecular weight excluding hydrogens is 212 g/mol. The Kier molecular flexibility index (Phi) is 5.22. The van der Waals surface area contributed by atoms with Gasteiger partial charge in [-0.3, -0.25) is 4.79 Å². The molecule has 0 aliphatic rings. The molecule has 1 unspecified atom stereocenters. The lowest BCUT2D eigenvalue weighted by Crippen LogP contribution is -2.34. The van der Waals surface area contributed by atoms with Gasteiger partial charge in [-0.2, -0.15) is 0 Å². The topological polar surface area (TPSA) is 33.5 Å². The molecule has 0 radical (unpaired) electrons. The summed E-state index contributed by atoms with van der Waals surface area (Å²) in [5.74, 6) is -0.168. The molecule has 1 N–H and O–H groups in total. The summed E-state index contributed by atoms with van der Waals surface area (Å²) < 4.78 is 0. The zero-order chi connectivity index (χ0) is 12.7. The van der Waals surface area contributed by atoms with Crippen LogP contribution in [-0.2, 0) is 4.79 Å². The number of carbonyl (C=O) groups is 1. The van der Waals surface area contributed by atoms with Gasteiger partial charge in [-0.15, -0.1) is 0 Å². The van der Waals surface area contributed by atoms with E-state index in [0.29, 0.717) is 6.42 Å². The second-order valence-corrected chi connectivity index (χ2v) is 4.07. The van der Waals surface area contributed by atoms with Crippen LogP contribution in [0.5, 0.6) is 0 Å². The van der Waals surface area contributed by atoms with Gasteiger partial charge >= 0.3 is 5.91 Å². The minimum atomic E-state index is -0.550. The van der Waals surface area contributed by atoms with Gasteiger partial charge in [0.1, 0.15) is 0 Å². The van der Waals surface area contributed by atoms with Crippen LogP contribution >= 0.6 is 0 Å². The Labute approximate surface area is 103 Å². The van der Waals surface area contributed by atoms with Crippen LogP contribution in [0.25, 0.3) is 4.85 Å². The fraction of sp³-hybridized carbons (Fsp3) is 0.429. The van der Waals surface area contributed by atoms with Gasteiger partial charge in [-0.05, 0) is 18.9 Å². The lowest BCUT2D eigenvalue weighted by Gasteiger charge is -2.14. The second kappa shape index (κ2) is 6.70. The van der Waals surface area contributed by atoms with Crippen molar-refractivity contribution in [2.45, 2.75) is 38.8 Å². The van der Waals surface area contributed by atoms with Crippen LogP contribution in [0.15, 0.2) is 30.3 Å². The summed E-state index contributed by atoms with van der Waals surface area (Å²) in [5.41, 5.74) is 1.06. The molecular formula is C14H18N2O. The average molecular weight is 230 g/mol. The van der Waals surface area contributed by atoms with Gasteiger partial charge in [0.15, 0.2) is 0 Å². The van der Waals surface area contributed by atoms with Crippen molar-refractivity contribution < 1.29 is 4.79 Å². The summed E-state index contributed by atoms with van der Waals surface area (Å²) >= 11 is 0. The highest BCUT2D eigenvalue weighted by Crippen LogP contribution is 2.12. The smallest absolute Gasteiger partial charge is 0.303 e. The molecule has 0 bridgehead atoms. The number of nitrogens with one attached hydrogen (secondary N) is 1. The number of benzene rings is 1. The van der Waals surface area contributed by atoms with Gasteiger partial charge in [0, 0.05) is 6.42 Å². The molecule has 3 heteroatoms. The Hall–Kier alpha value is -1.82. The molecule has 1 amide bonds. The van der Waals surface area contributed by atoms with Gasteiger partial charge in [0.05, 0.1) is 6.04 Å². The lowest BCUT2D eigenvalue weighted by atomic mass is 10.1. The van der Waals surface area contributed by atoms with E-state index in [1.165, 1.54) is 0 Å². The molecule has 0 heterocycles. The van der Waals surface area contributed by atoms with Crippen LogP contribution < -0.4 is 5.32 Å². The fourth-order valence-electron chi connectivity index (χ4n) is 1.66. The van der Waals surface area contributed by atoms with Gasteiger partial charge in [0.25, 0.3) is 6.04 Å². The van der Waals surface area contributed by atoms with E-state index in [2.05, 4.69) is 10.2 Å². The van der Waals surface area contributed by atoms with E-state index < -0.39 is 6.04 Å². The molecule has 0 spiro atoms. The molecule has 0 fully saturated rings. The van der Waals surface area contributed by atoms with Crippen molar-refractivity contribution in [1.29, 1.82) is 0 Å². The largest absolute Gasteiger partial charge is 0.343 e. The normalized spacial score (nSPS) is 13.5. The highest BCUT2D eigenvalue weighted by Gasteiger charge is 2.23. The van der Waals surface area contributed by atoms with Crippen molar-refractivity contribution >= 4 is 5.91 Å². The summed E-state index contributed by atoms with van der Waals surface area (Å²) in [6.45, 7) is 10.9. The third-order valence-corrected chi connectivity index (χ3v) is 2.68. The number of rotatable bonds is 5. The van der Waals surface area contributed by atoms with Crippen LogP contribution in [0.2, 0.25) is 0 Å². The van der Waals surface area contributed by atoms with Gasteiger partial charge < -0.3 is 10.2 Å². The Bertz CT molecular complexity index is 394. The van der Waals surface area contributed by atoms with Crippen LogP contribution in [0.1, 0.15) is 38.3 Å². The van der Waals surface area contributed by atoms with Gasteiger partial charge in [-0.25, -0.2) is 6.57 Å². The number of amides is 1. The fourth-order valence-corrected chi connectivity index (χ4v) is 1.66. The van der Waals surface area contributed by atoms with Crippen molar-refractivity contribution in [3.8, 4) is 0 Å². The molecule has 1 aromatic rings. The van der Waals surface area contributed by atoms with Crippen molar-refractivity contribution in [3.05, 3.63) is 47.3 Å². The number of hydrogen-bond donors (Lipinski definition) is 1. The number of hydrogen-bond acceptors (Lipinski definition) is 1. The third kappa shape index (κ3) is 3.92. The van der Waals surface area contributed by atoms with E-state index in [4.69, 9.17) is 6.57 Å². The minimum Gasteiger partial charge on any atom is -0.343 e. The van der Waals surface area contributed by atoms with Crippen LogP contribution in [0.3, 0.4) is 0 Å². The maximum atomic E-state index is 11.8. The predicted molar refractivity (Wildman–Crippen MR) is 68.3 cm³/mol. The molecule has 0 aromatic heterocycles. The molecule has 0 aliphatic heterocycles. The summed E-state index contributed by atoms with van der Waals surface area (Å²) in [4.78, 5) is 15.2. The minimum absolute atomic E-state index is 0.0511. The Morgan fingerprint density at radius 2 is 2.06 bits per heavy atom. The van der Waals surface area contributed by atoms with Crippen molar-refractivity contribution in [2.24, 2.45) is 0 Å². The van der Waals surface area contributed by atoms with Crippen molar-refractivity contribution in [3.63, 3.8) is 0 Å². The van der Waals surface area contributed by atoms with E-state index in [1.54, 1.807) is 0 Å². The molecule has 0 saturated carbocycles. The van der Waals surface area contributed by atoms with Crippen LogP contribution in [-0.4, -0.2) is 11.9 Å². The van der Waals surface area contributed by atoms with E-state index in [0.717, 1.165) is 12.0 Å². The van der Waals surface area contributed by atoms with Crippen LogP contribution in [0.4, 0.5) is 0 Å². The average Bonchev–Trinajstić information content (AvgIpc) is 2.36. The summed E-state index contributed by atoms with van der Waals surface area (Å²) in [5, 5.41) is 2.88. The van der Waals surface area contributed by atoms with Crippen molar-refractivity contribution in [1.82, 2.24) is 5.32 Å². The zero-order valence-electron chi connectivity index (χ0n) is 10.3. The van der Waals surface area contributed by atoms with Gasteiger partial charge in [-0.1, -0.05) is 37.3 Å². The highest BCUT2D eigenvalue weighted by atomic mass is 16.2. The number of nitrogens with zero attached hydrogens (tertiary/aromatic N) is 1. The Balaban J connectivity index is 2.60. The zero-order valence-corrected chi connectivity index (χ0v) is 10.3. The SMILES string of the molecule is [C-]#[N+]C(CCC)C(=O)N[C@@H](C)c1ccccc1. The highest BCUT2D eigenvalue weighted by molar-refractivity contribution is 5.83.